The van der Waals surface area contributed by atoms with Gasteiger partial charge < -0.3 is 14.4 Å². The van der Waals surface area contributed by atoms with Crippen LogP contribution in [-0.2, 0) is 16.8 Å². The molecule has 2 aromatic rings. The quantitative estimate of drug-likeness (QED) is 0.763. The van der Waals surface area contributed by atoms with Crippen molar-refractivity contribution in [1.29, 1.82) is 0 Å². The molecule has 0 radical (unpaired) electrons. The SMILES string of the molecule is COCc1cc(N2CCC(Oc3ccc(F)cc3F)CC2)nc(C(C)(C)C)n1. The predicted octanol–water partition coefficient (Wildman–Crippen LogP) is 4.25. The molecule has 1 aliphatic heterocycles. The number of ether oxygens (including phenoxy) is 2. The van der Waals surface area contributed by atoms with Crippen LogP contribution in [0.1, 0.15) is 45.1 Å². The zero-order valence-corrected chi connectivity index (χ0v) is 16.8. The fourth-order valence-corrected chi connectivity index (χ4v) is 3.16. The van der Waals surface area contributed by atoms with E-state index in [0.29, 0.717) is 6.61 Å². The molecule has 0 spiro atoms. The normalized spacial score (nSPS) is 15.7. The van der Waals surface area contributed by atoms with Gasteiger partial charge in [0.05, 0.1) is 12.3 Å². The summed E-state index contributed by atoms with van der Waals surface area (Å²) in [5.41, 5.74) is 0.684. The van der Waals surface area contributed by atoms with Gasteiger partial charge >= 0.3 is 0 Å². The molecule has 1 saturated heterocycles. The summed E-state index contributed by atoms with van der Waals surface area (Å²) in [4.78, 5) is 11.6. The molecule has 28 heavy (non-hydrogen) atoms. The third-order valence-corrected chi connectivity index (χ3v) is 4.68. The van der Waals surface area contributed by atoms with E-state index in [0.717, 1.165) is 49.3 Å². The third kappa shape index (κ3) is 4.95. The average Bonchev–Trinajstić information content (AvgIpc) is 2.64. The van der Waals surface area contributed by atoms with Crippen molar-refractivity contribution in [2.24, 2.45) is 0 Å². The summed E-state index contributed by atoms with van der Waals surface area (Å²) >= 11 is 0. The summed E-state index contributed by atoms with van der Waals surface area (Å²) < 4.78 is 37.9. The Bertz CT molecular complexity index is 816. The first kappa shape index (κ1) is 20.5. The van der Waals surface area contributed by atoms with Crippen LogP contribution in [0.25, 0.3) is 0 Å². The van der Waals surface area contributed by atoms with Gasteiger partial charge in [-0.25, -0.2) is 18.7 Å². The van der Waals surface area contributed by atoms with Crippen LogP contribution in [0.5, 0.6) is 5.75 Å². The maximum atomic E-state index is 13.8. The van der Waals surface area contributed by atoms with Crippen LogP contribution in [0, 0.1) is 11.6 Å². The molecule has 1 aromatic heterocycles. The zero-order valence-electron chi connectivity index (χ0n) is 16.8. The van der Waals surface area contributed by atoms with E-state index in [-0.39, 0.29) is 17.3 Å². The molecule has 152 valence electrons. The molecule has 2 heterocycles. The minimum atomic E-state index is -0.669. The highest BCUT2D eigenvalue weighted by Gasteiger charge is 2.25. The highest BCUT2D eigenvalue weighted by Crippen LogP contribution is 2.27. The van der Waals surface area contributed by atoms with Crippen molar-refractivity contribution >= 4 is 5.82 Å². The van der Waals surface area contributed by atoms with Crippen LogP contribution in [0.4, 0.5) is 14.6 Å². The molecule has 0 aliphatic carbocycles. The molecule has 7 heteroatoms. The lowest BCUT2D eigenvalue weighted by Gasteiger charge is -2.33. The Labute approximate surface area is 164 Å². The molecule has 0 saturated carbocycles. The summed E-state index contributed by atoms with van der Waals surface area (Å²) in [5.74, 6) is 0.476. The zero-order chi connectivity index (χ0) is 20.3. The predicted molar refractivity (Wildman–Crippen MR) is 104 cm³/mol. The number of aromatic nitrogens is 2. The van der Waals surface area contributed by atoms with E-state index in [1.807, 2.05) is 6.07 Å². The summed E-state index contributed by atoms with van der Waals surface area (Å²) in [6, 6.07) is 5.35. The van der Waals surface area contributed by atoms with Crippen LogP contribution in [-0.4, -0.2) is 36.3 Å². The molecular weight excluding hydrogens is 364 g/mol. The fraction of sp³-hybridized carbons (Fsp3) is 0.524. The molecule has 1 aliphatic rings. The second kappa shape index (κ2) is 8.39. The lowest BCUT2D eigenvalue weighted by molar-refractivity contribution is 0.163. The number of hydrogen-bond acceptors (Lipinski definition) is 5. The Morgan fingerprint density at radius 1 is 1.11 bits per heavy atom. The molecule has 0 atom stereocenters. The second-order valence-electron chi connectivity index (χ2n) is 8.10. The molecular formula is C21H27F2N3O2. The number of anilines is 1. The van der Waals surface area contributed by atoms with Gasteiger partial charge in [-0.15, -0.1) is 0 Å². The van der Waals surface area contributed by atoms with Gasteiger partial charge in [-0.1, -0.05) is 20.8 Å². The van der Waals surface area contributed by atoms with Gasteiger partial charge in [-0.3, -0.25) is 0 Å². The van der Waals surface area contributed by atoms with E-state index in [1.165, 1.54) is 12.1 Å². The van der Waals surface area contributed by atoms with Gasteiger partial charge in [0.1, 0.15) is 23.6 Å². The summed E-state index contributed by atoms with van der Waals surface area (Å²) in [6.45, 7) is 8.16. The first-order valence-electron chi connectivity index (χ1n) is 9.50. The van der Waals surface area contributed by atoms with Crippen molar-refractivity contribution in [2.75, 3.05) is 25.1 Å². The van der Waals surface area contributed by atoms with Gasteiger partial charge in [0.2, 0.25) is 0 Å². The van der Waals surface area contributed by atoms with Gasteiger partial charge in [-0.05, 0) is 12.1 Å². The molecule has 0 N–H and O–H groups in total. The Morgan fingerprint density at radius 2 is 1.82 bits per heavy atom. The molecule has 5 nitrogen and oxygen atoms in total. The van der Waals surface area contributed by atoms with Crippen molar-refractivity contribution in [3.63, 3.8) is 0 Å². The molecule has 0 bridgehead atoms. The number of benzene rings is 1. The number of methoxy groups -OCH3 is 1. The Morgan fingerprint density at radius 3 is 2.43 bits per heavy atom. The van der Waals surface area contributed by atoms with Crippen molar-refractivity contribution < 1.29 is 18.3 Å². The topological polar surface area (TPSA) is 47.5 Å². The van der Waals surface area contributed by atoms with Gasteiger partial charge in [-0.2, -0.15) is 0 Å². The number of halogens is 2. The molecule has 0 unspecified atom stereocenters. The summed E-state index contributed by atoms with van der Waals surface area (Å²) in [6.07, 6.45) is 1.34. The van der Waals surface area contributed by atoms with Crippen LogP contribution in [0.3, 0.4) is 0 Å². The first-order valence-corrected chi connectivity index (χ1v) is 9.50. The number of nitrogens with zero attached hydrogens (tertiary/aromatic N) is 3. The van der Waals surface area contributed by atoms with Crippen LogP contribution in [0.2, 0.25) is 0 Å². The van der Waals surface area contributed by atoms with Gasteiger partial charge in [0.25, 0.3) is 0 Å². The standard InChI is InChI=1S/C21H27F2N3O2/c1-21(2,3)20-24-15(13-27-4)12-19(25-20)26-9-7-16(8-10-26)28-18-6-5-14(22)11-17(18)23/h5-6,11-12,16H,7-10,13H2,1-4H3. The average molecular weight is 391 g/mol. The smallest absolute Gasteiger partial charge is 0.167 e. The van der Waals surface area contributed by atoms with E-state index < -0.39 is 11.6 Å². The first-order chi connectivity index (χ1) is 13.3. The molecule has 0 amide bonds. The van der Waals surface area contributed by atoms with E-state index >= 15 is 0 Å². The molecule has 3 rings (SSSR count). The van der Waals surface area contributed by atoms with Crippen LogP contribution >= 0.6 is 0 Å². The minimum absolute atomic E-state index is 0.0966. The lowest BCUT2D eigenvalue weighted by atomic mass is 9.95. The maximum Gasteiger partial charge on any atom is 0.167 e. The Kier molecular flexibility index (Phi) is 6.13. The monoisotopic (exact) mass is 391 g/mol. The number of rotatable bonds is 5. The third-order valence-electron chi connectivity index (χ3n) is 4.68. The van der Waals surface area contributed by atoms with E-state index in [2.05, 4.69) is 30.7 Å². The number of hydrogen-bond donors (Lipinski definition) is 0. The minimum Gasteiger partial charge on any atom is -0.487 e. The molecule has 1 fully saturated rings. The van der Waals surface area contributed by atoms with Crippen molar-refractivity contribution in [3.8, 4) is 5.75 Å². The lowest BCUT2D eigenvalue weighted by Crippen LogP contribution is -2.39. The summed E-state index contributed by atoms with van der Waals surface area (Å²) in [5, 5.41) is 0. The van der Waals surface area contributed by atoms with E-state index in [1.54, 1.807) is 7.11 Å². The van der Waals surface area contributed by atoms with Crippen molar-refractivity contribution in [1.82, 2.24) is 9.97 Å². The van der Waals surface area contributed by atoms with E-state index in [9.17, 15) is 8.78 Å². The fourth-order valence-electron chi connectivity index (χ4n) is 3.16. The largest absolute Gasteiger partial charge is 0.487 e. The second-order valence-corrected chi connectivity index (χ2v) is 8.10. The van der Waals surface area contributed by atoms with Gasteiger partial charge in [0.15, 0.2) is 11.6 Å². The highest BCUT2D eigenvalue weighted by molar-refractivity contribution is 5.41. The Balaban J connectivity index is 1.69. The maximum absolute atomic E-state index is 13.8. The van der Waals surface area contributed by atoms with E-state index in [4.69, 9.17) is 14.5 Å². The van der Waals surface area contributed by atoms with Crippen molar-refractivity contribution in [2.45, 2.75) is 51.7 Å². The van der Waals surface area contributed by atoms with Gasteiger partial charge in [0, 0.05) is 50.6 Å². The summed E-state index contributed by atoms with van der Waals surface area (Å²) in [7, 11) is 1.65. The van der Waals surface area contributed by atoms with Crippen molar-refractivity contribution in [3.05, 3.63) is 47.4 Å². The molecule has 1 aromatic carbocycles. The Hall–Kier alpha value is -2.28. The van der Waals surface area contributed by atoms with Crippen LogP contribution < -0.4 is 9.64 Å². The van der Waals surface area contributed by atoms with Crippen LogP contribution in [0.15, 0.2) is 24.3 Å². The highest BCUT2D eigenvalue weighted by atomic mass is 19.1. The number of piperidine rings is 1.